The number of rotatable bonds is 27. The summed E-state index contributed by atoms with van der Waals surface area (Å²) in [6, 6.07) is -0.175. The van der Waals surface area contributed by atoms with Crippen LogP contribution in [0.25, 0.3) is 10.9 Å². The van der Waals surface area contributed by atoms with Crippen LogP contribution in [-0.2, 0) is 54.3 Å². The molecule has 2 aliphatic heterocycles. The number of amides is 8. The minimum atomic E-state index is -1.27. The normalized spacial score (nSPS) is 17.8. The van der Waals surface area contributed by atoms with Crippen LogP contribution in [0.3, 0.4) is 0 Å². The Hall–Kier alpha value is -7.17. The van der Waals surface area contributed by atoms with Crippen LogP contribution in [-0.4, -0.2) is 148 Å². The van der Waals surface area contributed by atoms with E-state index < -0.39 is 107 Å². The summed E-state index contributed by atoms with van der Waals surface area (Å²) in [5.41, 5.74) is 7.17. The minimum absolute atomic E-state index is 0.0294. The zero-order valence-electron chi connectivity index (χ0n) is 45.3. The predicted octanol–water partition coefficient (Wildman–Crippen LogP) is 3.20. The molecular weight excluding hydrogens is 1010 g/mol. The number of H-pyrrole nitrogens is 1. The number of hydrogen-bond acceptors (Lipinski definition) is 14. The summed E-state index contributed by atoms with van der Waals surface area (Å²) in [7, 11) is 1.21. The number of aromatic amines is 1. The van der Waals surface area contributed by atoms with Crippen LogP contribution in [0.1, 0.15) is 132 Å². The van der Waals surface area contributed by atoms with E-state index in [9.17, 15) is 47.9 Å². The second-order valence-electron chi connectivity index (χ2n) is 20.4. The summed E-state index contributed by atoms with van der Waals surface area (Å²) in [6.45, 7) is 13.3. The molecule has 3 aromatic rings. The Bertz CT molecular complexity index is 2630. The van der Waals surface area contributed by atoms with E-state index in [2.05, 4.69) is 41.3 Å². The highest BCUT2D eigenvalue weighted by Gasteiger charge is 2.43. The summed E-state index contributed by atoms with van der Waals surface area (Å²) >= 11 is 0.889. The molecule has 1 aromatic carbocycles. The van der Waals surface area contributed by atoms with Gasteiger partial charge in [-0.3, -0.25) is 38.4 Å². The molecule has 2 fully saturated rings. The van der Waals surface area contributed by atoms with Gasteiger partial charge < -0.3 is 56.6 Å². The Morgan fingerprint density at radius 2 is 1.42 bits per heavy atom. The van der Waals surface area contributed by atoms with Crippen LogP contribution in [0.5, 0.6) is 0 Å². The maximum absolute atomic E-state index is 14.7. The molecule has 8 N–H and O–H groups in total. The number of fused-ring (bicyclic) bond motifs is 1. The number of benzene rings is 1. The van der Waals surface area contributed by atoms with E-state index in [1.807, 2.05) is 58.9 Å². The molecule has 5 rings (SSSR count). The summed E-state index contributed by atoms with van der Waals surface area (Å²) in [5, 5.41) is 16.2. The van der Waals surface area contributed by atoms with Crippen molar-refractivity contribution >= 4 is 81.4 Å². The van der Waals surface area contributed by atoms with Crippen molar-refractivity contribution < 1.29 is 57.4 Å². The number of aromatic nitrogens is 2. The molecule has 2 saturated heterocycles. The number of esters is 2. The molecule has 0 aliphatic carbocycles. The summed E-state index contributed by atoms with van der Waals surface area (Å²) in [6.07, 6.45) is 7.04. The van der Waals surface area contributed by atoms with E-state index >= 15 is 0 Å². The summed E-state index contributed by atoms with van der Waals surface area (Å²) in [4.78, 5) is 147. The molecule has 420 valence electrons. The van der Waals surface area contributed by atoms with Gasteiger partial charge in [0, 0.05) is 48.1 Å². The fraction of sp³-hybridized carbons (Fsp3) is 0.574. The van der Waals surface area contributed by atoms with Gasteiger partial charge in [0.15, 0.2) is 0 Å². The number of hydrogen-bond donors (Lipinski definition) is 7. The number of para-hydroxylation sites is 1. The van der Waals surface area contributed by atoms with Crippen LogP contribution in [0, 0.1) is 17.8 Å². The number of carbonyl (C=O) groups is 10. The third kappa shape index (κ3) is 16.7. The molecular formula is C54H76N10O12S. The van der Waals surface area contributed by atoms with Crippen LogP contribution < -0.4 is 32.3 Å². The fourth-order valence-electron chi connectivity index (χ4n) is 9.58. The average Bonchev–Trinajstić information content (AvgIpc) is 4.26. The molecule has 8 amide bonds. The van der Waals surface area contributed by atoms with Gasteiger partial charge in [0.1, 0.15) is 48.0 Å². The molecule has 8 atom stereocenters. The van der Waals surface area contributed by atoms with Crippen molar-refractivity contribution in [2.45, 2.75) is 155 Å². The van der Waals surface area contributed by atoms with Gasteiger partial charge in [0.05, 0.1) is 13.7 Å². The van der Waals surface area contributed by atoms with Gasteiger partial charge in [0.2, 0.25) is 46.4 Å². The third-order valence-corrected chi connectivity index (χ3v) is 14.6. The van der Waals surface area contributed by atoms with Crippen molar-refractivity contribution in [3.63, 3.8) is 0 Å². The van der Waals surface area contributed by atoms with E-state index in [1.54, 1.807) is 20.0 Å². The molecule has 2 aliphatic rings. The van der Waals surface area contributed by atoms with E-state index in [-0.39, 0.29) is 80.8 Å². The number of nitrogens with two attached hydrogens (primary N) is 1. The van der Waals surface area contributed by atoms with Gasteiger partial charge in [-0.2, -0.15) is 0 Å². The van der Waals surface area contributed by atoms with Crippen LogP contribution in [0.4, 0.5) is 0 Å². The van der Waals surface area contributed by atoms with Gasteiger partial charge in [-0.15, -0.1) is 11.3 Å². The van der Waals surface area contributed by atoms with Crippen LogP contribution in [0.2, 0.25) is 0 Å². The lowest BCUT2D eigenvalue weighted by Crippen LogP contribution is -2.61. The fourth-order valence-corrected chi connectivity index (χ4v) is 10.3. The van der Waals surface area contributed by atoms with Crippen molar-refractivity contribution in [3.05, 3.63) is 64.3 Å². The first-order chi connectivity index (χ1) is 36.7. The maximum Gasteiger partial charge on any atom is 0.367 e. The van der Waals surface area contributed by atoms with Crippen LogP contribution in [0.15, 0.2) is 48.0 Å². The van der Waals surface area contributed by atoms with Crippen LogP contribution >= 0.6 is 11.3 Å². The zero-order valence-corrected chi connectivity index (χ0v) is 46.1. The maximum atomic E-state index is 14.7. The summed E-state index contributed by atoms with van der Waals surface area (Å²) < 4.78 is 9.64. The smallest absolute Gasteiger partial charge is 0.367 e. The number of likely N-dealkylation sites (tertiary alicyclic amines) is 2. The molecule has 4 heterocycles. The van der Waals surface area contributed by atoms with Crippen molar-refractivity contribution in [2.24, 2.45) is 23.5 Å². The van der Waals surface area contributed by atoms with Crippen molar-refractivity contribution in [1.29, 1.82) is 0 Å². The largest absolute Gasteiger partial charge is 0.466 e. The lowest BCUT2D eigenvalue weighted by molar-refractivity contribution is -0.144. The molecule has 0 saturated carbocycles. The molecule has 2 aromatic heterocycles. The van der Waals surface area contributed by atoms with E-state index in [0.29, 0.717) is 25.7 Å². The number of thiazole rings is 1. The first kappa shape index (κ1) is 60.7. The quantitative estimate of drug-likeness (QED) is 0.0427. The number of allylic oxidation sites excluding steroid dienone is 1. The number of carbonyl (C=O) groups excluding carboxylic acids is 10. The van der Waals surface area contributed by atoms with Crippen molar-refractivity contribution in [1.82, 2.24) is 46.4 Å². The second kappa shape index (κ2) is 28.8. The van der Waals surface area contributed by atoms with Crippen molar-refractivity contribution in [2.75, 3.05) is 26.8 Å². The molecule has 1 unspecified atom stereocenters. The highest BCUT2D eigenvalue weighted by Crippen LogP contribution is 2.26. The SMILES string of the molecule is CCOC(=O)c1nc(C(=O)N[C@@H](CC/C=C/C(=O)OC)C(=O)N[C@@H](CC(C)C)C(=O)N[C@H](C(=O)N[C@@H](CC(C)C)C(=O)N2CCC[C@H]2C(=O)N[C@@H](Cc2c[nH]c3ccccc23)C(=O)N2CCC[C@H]2C(N)=O)C(C)CC)cs1. The van der Waals surface area contributed by atoms with Crippen molar-refractivity contribution in [3.8, 4) is 0 Å². The first-order valence-corrected chi connectivity index (χ1v) is 27.4. The van der Waals surface area contributed by atoms with E-state index in [1.165, 1.54) is 34.4 Å². The number of primary amides is 1. The highest BCUT2D eigenvalue weighted by atomic mass is 32.1. The first-order valence-electron chi connectivity index (χ1n) is 26.5. The Morgan fingerprint density at radius 1 is 0.792 bits per heavy atom. The molecule has 77 heavy (non-hydrogen) atoms. The molecule has 0 radical (unpaired) electrons. The average molecular weight is 1090 g/mol. The van der Waals surface area contributed by atoms with E-state index in [4.69, 9.17) is 10.5 Å². The molecule has 0 bridgehead atoms. The Morgan fingerprint density at radius 3 is 2.06 bits per heavy atom. The molecule has 0 spiro atoms. The standard InChI is InChI=1S/C54H76N10O12S/c1-9-32(7)44(62-47(68)37(25-30(3)4)58-46(67)36(19-13-14-22-43(65)75-8)57-48(69)40-29-77-51(61-40)54(74)76-10-2)50(71)60-38(26-31(5)6)52(72)64-24-16-21-42(64)49(70)59-39(53(73)63-23-15-20-41(63)45(55)66)27-33-28-56-35-18-12-11-17-34(33)35/h11-12,14,17-18,22,28-32,36-39,41-42,44,56H,9-10,13,15-16,19-21,23-27H2,1-8H3,(H2,55,66)(H,57,69)(H,58,67)(H,59,70)(H,60,71)(H,62,68)/b22-14+/t32?,36-,37-,38-,39-,41-,42-,44-/m0/s1. The number of methoxy groups -OCH3 is 1. The Kier molecular flexibility index (Phi) is 22.7. The Balaban J connectivity index is 1.33. The number of nitrogens with zero attached hydrogens (tertiary/aromatic N) is 3. The zero-order chi connectivity index (χ0) is 56.5. The lowest BCUT2D eigenvalue weighted by Gasteiger charge is -2.33. The van der Waals surface area contributed by atoms with Gasteiger partial charge in [0.25, 0.3) is 5.91 Å². The second-order valence-corrected chi connectivity index (χ2v) is 21.3. The monoisotopic (exact) mass is 1090 g/mol. The summed E-state index contributed by atoms with van der Waals surface area (Å²) in [5.74, 6) is -7.14. The number of ether oxygens (including phenoxy) is 2. The van der Waals surface area contributed by atoms with E-state index in [0.717, 1.165) is 27.8 Å². The van der Waals surface area contributed by atoms with Gasteiger partial charge in [-0.25, -0.2) is 14.6 Å². The highest BCUT2D eigenvalue weighted by molar-refractivity contribution is 7.11. The Labute approximate surface area is 453 Å². The number of nitrogens with one attached hydrogen (secondary N) is 6. The molecule has 22 nitrogen and oxygen atoms in total. The minimum Gasteiger partial charge on any atom is -0.466 e. The third-order valence-electron chi connectivity index (χ3n) is 13.8. The predicted molar refractivity (Wildman–Crippen MR) is 286 cm³/mol. The van der Waals surface area contributed by atoms with Gasteiger partial charge >= 0.3 is 11.9 Å². The van der Waals surface area contributed by atoms with Gasteiger partial charge in [-0.1, -0.05) is 72.2 Å². The molecule has 23 heteroatoms. The van der Waals surface area contributed by atoms with Gasteiger partial charge in [-0.05, 0) is 87.7 Å². The topological polar surface area (TPSA) is 310 Å². The lowest BCUT2D eigenvalue weighted by atomic mass is 9.95.